The summed E-state index contributed by atoms with van der Waals surface area (Å²) in [6, 6.07) is 0. The van der Waals surface area contributed by atoms with Crippen LogP contribution in [-0.4, -0.2) is 18.0 Å². The van der Waals surface area contributed by atoms with Crippen LogP contribution in [0.4, 0.5) is 0 Å². The molecular formula is C9H12N2O4. The minimum absolute atomic E-state index is 0.174. The number of ether oxygens (including phenoxy) is 1. The van der Waals surface area contributed by atoms with Crippen LogP contribution >= 0.6 is 0 Å². The van der Waals surface area contributed by atoms with E-state index in [9.17, 15) is 14.9 Å². The summed E-state index contributed by atoms with van der Waals surface area (Å²) in [4.78, 5) is 21.4. The number of rotatable bonds is 2. The van der Waals surface area contributed by atoms with Gasteiger partial charge in [-0.1, -0.05) is 0 Å². The summed E-state index contributed by atoms with van der Waals surface area (Å²) in [6.45, 7) is 1.56. The minimum atomic E-state index is -1.05. The second-order valence-corrected chi connectivity index (χ2v) is 3.63. The van der Waals surface area contributed by atoms with Gasteiger partial charge < -0.3 is 10.5 Å². The quantitative estimate of drug-likeness (QED) is 0.410. The number of hydrogen-bond donors (Lipinski definition) is 1. The van der Waals surface area contributed by atoms with E-state index in [1.165, 1.54) is 19.3 Å². The molecule has 1 aliphatic rings. The number of carbonyl (C=O) groups is 1. The van der Waals surface area contributed by atoms with E-state index in [1.54, 1.807) is 6.92 Å². The van der Waals surface area contributed by atoms with Gasteiger partial charge >= 0.3 is 5.97 Å². The first-order valence-electron chi connectivity index (χ1n) is 4.31. The van der Waals surface area contributed by atoms with Gasteiger partial charge in [-0.2, -0.15) is 0 Å². The average Bonchev–Trinajstić information content (AvgIpc) is 2.15. The number of hydrogen-bond acceptors (Lipinski definition) is 5. The summed E-state index contributed by atoms with van der Waals surface area (Å²) in [7, 11) is 1.24. The maximum absolute atomic E-state index is 11.4. The zero-order valence-electron chi connectivity index (χ0n) is 8.52. The Morgan fingerprint density at radius 3 is 2.80 bits per heavy atom. The zero-order chi connectivity index (χ0) is 11.6. The van der Waals surface area contributed by atoms with Gasteiger partial charge in [0, 0.05) is 24.3 Å². The van der Waals surface area contributed by atoms with Gasteiger partial charge in [-0.25, -0.2) is 0 Å². The molecule has 2 N–H and O–H groups in total. The van der Waals surface area contributed by atoms with Crippen LogP contribution in [0.1, 0.15) is 13.3 Å². The molecule has 1 aliphatic carbocycles. The molecule has 0 saturated heterocycles. The van der Waals surface area contributed by atoms with Crippen molar-refractivity contribution in [3.05, 3.63) is 33.7 Å². The molecule has 82 valence electrons. The zero-order valence-corrected chi connectivity index (χ0v) is 8.52. The maximum atomic E-state index is 11.4. The van der Waals surface area contributed by atoms with Crippen LogP contribution in [0.25, 0.3) is 0 Å². The van der Waals surface area contributed by atoms with Crippen molar-refractivity contribution in [1.82, 2.24) is 0 Å². The Labute approximate surface area is 86.5 Å². The molecule has 0 spiro atoms. The van der Waals surface area contributed by atoms with Gasteiger partial charge in [-0.05, 0) is 6.92 Å². The smallest absolute Gasteiger partial charge is 0.316 e. The van der Waals surface area contributed by atoms with Crippen molar-refractivity contribution in [2.45, 2.75) is 13.3 Å². The molecule has 1 rings (SSSR count). The molecule has 1 unspecified atom stereocenters. The molecular weight excluding hydrogens is 200 g/mol. The Morgan fingerprint density at radius 1 is 1.73 bits per heavy atom. The van der Waals surface area contributed by atoms with E-state index in [2.05, 4.69) is 4.74 Å². The normalized spacial score (nSPS) is 25.2. The molecule has 0 saturated carbocycles. The molecule has 0 fully saturated rings. The van der Waals surface area contributed by atoms with Crippen molar-refractivity contribution in [2.75, 3.05) is 7.11 Å². The monoisotopic (exact) mass is 212 g/mol. The maximum Gasteiger partial charge on any atom is 0.316 e. The van der Waals surface area contributed by atoms with Crippen LogP contribution < -0.4 is 5.73 Å². The van der Waals surface area contributed by atoms with Gasteiger partial charge in [0.2, 0.25) is 0 Å². The fraction of sp³-hybridized carbons (Fsp3) is 0.444. The Hall–Kier alpha value is -1.85. The molecule has 0 aromatic carbocycles. The molecule has 6 heteroatoms. The number of carbonyl (C=O) groups excluding carboxylic acids is 1. The molecule has 0 bridgehead atoms. The first kappa shape index (κ1) is 11.2. The van der Waals surface area contributed by atoms with Crippen molar-refractivity contribution in [1.29, 1.82) is 0 Å². The van der Waals surface area contributed by atoms with Crippen LogP contribution in [0.15, 0.2) is 23.5 Å². The molecule has 0 amide bonds. The summed E-state index contributed by atoms with van der Waals surface area (Å²) >= 11 is 0. The van der Waals surface area contributed by atoms with E-state index in [1.807, 2.05) is 0 Å². The van der Waals surface area contributed by atoms with Gasteiger partial charge in [0.25, 0.3) is 5.70 Å². The molecule has 15 heavy (non-hydrogen) atoms. The van der Waals surface area contributed by atoms with Crippen molar-refractivity contribution < 1.29 is 14.5 Å². The Morgan fingerprint density at radius 2 is 2.33 bits per heavy atom. The summed E-state index contributed by atoms with van der Waals surface area (Å²) in [6.07, 6.45) is 2.76. The molecule has 0 heterocycles. The number of esters is 1. The number of methoxy groups -OCH3 is 1. The summed E-state index contributed by atoms with van der Waals surface area (Å²) in [5.41, 5.74) is 4.62. The number of nitrogens with zero attached hydrogens (tertiary/aromatic N) is 1. The van der Waals surface area contributed by atoms with Gasteiger partial charge in [0.1, 0.15) is 0 Å². The predicted octanol–water partition coefficient (Wildman–Crippen LogP) is 0.573. The third-order valence-corrected chi connectivity index (χ3v) is 2.23. The molecule has 0 aromatic heterocycles. The fourth-order valence-electron chi connectivity index (χ4n) is 1.55. The third-order valence-electron chi connectivity index (χ3n) is 2.23. The second kappa shape index (κ2) is 3.72. The van der Waals surface area contributed by atoms with Gasteiger partial charge in [0.05, 0.1) is 17.4 Å². The van der Waals surface area contributed by atoms with Crippen LogP contribution in [0, 0.1) is 15.5 Å². The topological polar surface area (TPSA) is 95.5 Å². The van der Waals surface area contributed by atoms with Crippen molar-refractivity contribution in [3.8, 4) is 0 Å². The van der Waals surface area contributed by atoms with Crippen LogP contribution in [0.2, 0.25) is 0 Å². The van der Waals surface area contributed by atoms with E-state index in [0.717, 1.165) is 0 Å². The first-order chi connectivity index (χ1) is 6.89. The standard InChI is InChI=1S/C9H12N2O4/c1-9(8(12)15-2)4-6(10)3-7(5-9)11(13)14/h3,5H,4,10H2,1-2H3. The summed E-state index contributed by atoms with van der Waals surface area (Å²) < 4.78 is 4.58. The molecule has 0 aliphatic heterocycles. The lowest BCUT2D eigenvalue weighted by Crippen LogP contribution is -2.32. The minimum Gasteiger partial charge on any atom is -0.468 e. The molecule has 6 nitrogen and oxygen atoms in total. The van der Waals surface area contributed by atoms with Crippen molar-refractivity contribution in [3.63, 3.8) is 0 Å². The third kappa shape index (κ3) is 2.15. The van der Waals surface area contributed by atoms with E-state index in [4.69, 9.17) is 5.73 Å². The van der Waals surface area contributed by atoms with Crippen molar-refractivity contribution in [2.24, 2.45) is 11.1 Å². The highest BCUT2D eigenvalue weighted by molar-refractivity contribution is 5.79. The fourth-order valence-corrected chi connectivity index (χ4v) is 1.55. The molecule has 0 aromatic rings. The number of nitro groups is 1. The molecule has 1 atom stereocenters. The second-order valence-electron chi connectivity index (χ2n) is 3.63. The highest BCUT2D eigenvalue weighted by atomic mass is 16.6. The Kier molecular flexibility index (Phi) is 2.78. The van der Waals surface area contributed by atoms with Crippen LogP contribution in [0.3, 0.4) is 0 Å². The lowest BCUT2D eigenvalue weighted by molar-refractivity contribution is -0.420. The lowest BCUT2D eigenvalue weighted by atomic mass is 9.81. The highest BCUT2D eigenvalue weighted by Gasteiger charge is 2.38. The summed E-state index contributed by atoms with van der Waals surface area (Å²) in [5.74, 6) is -0.530. The Balaban J connectivity index is 3.11. The van der Waals surface area contributed by atoms with Gasteiger partial charge in [0.15, 0.2) is 0 Å². The number of nitrogens with two attached hydrogens (primary N) is 1. The van der Waals surface area contributed by atoms with Crippen molar-refractivity contribution >= 4 is 5.97 Å². The highest BCUT2D eigenvalue weighted by Crippen LogP contribution is 2.33. The molecule has 0 radical (unpaired) electrons. The summed E-state index contributed by atoms with van der Waals surface area (Å²) in [5, 5.41) is 10.6. The van der Waals surface area contributed by atoms with Gasteiger partial charge in [-0.3, -0.25) is 14.9 Å². The van der Waals surface area contributed by atoms with Crippen LogP contribution in [0.5, 0.6) is 0 Å². The van der Waals surface area contributed by atoms with E-state index < -0.39 is 16.3 Å². The lowest BCUT2D eigenvalue weighted by Gasteiger charge is -2.24. The van der Waals surface area contributed by atoms with Gasteiger partial charge in [-0.15, -0.1) is 0 Å². The number of allylic oxidation sites excluding steroid dienone is 2. The van der Waals surface area contributed by atoms with Crippen LogP contribution in [-0.2, 0) is 9.53 Å². The average molecular weight is 212 g/mol. The largest absolute Gasteiger partial charge is 0.468 e. The first-order valence-corrected chi connectivity index (χ1v) is 4.31. The predicted molar refractivity (Wildman–Crippen MR) is 52.1 cm³/mol. The van der Waals surface area contributed by atoms with E-state index in [-0.39, 0.29) is 12.1 Å². The van der Waals surface area contributed by atoms with E-state index >= 15 is 0 Å². The van der Waals surface area contributed by atoms with E-state index in [0.29, 0.717) is 5.70 Å². The SMILES string of the molecule is COC(=O)C1(C)C=C([N+](=O)[O-])C=C(N)C1. The Bertz CT molecular complexity index is 372.